The van der Waals surface area contributed by atoms with E-state index in [0.29, 0.717) is 13.2 Å². The topological polar surface area (TPSA) is 38.3 Å². The van der Waals surface area contributed by atoms with Gasteiger partial charge in [-0.25, -0.2) is 0 Å². The molecule has 0 bridgehead atoms. The summed E-state index contributed by atoms with van der Waals surface area (Å²) in [6.07, 6.45) is 0. The van der Waals surface area contributed by atoms with Crippen molar-refractivity contribution in [3.05, 3.63) is 0 Å². The summed E-state index contributed by atoms with van der Waals surface area (Å²) < 4.78 is 4.86. The fourth-order valence-electron chi connectivity index (χ4n) is 0.635. The van der Waals surface area contributed by atoms with Crippen molar-refractivity contribution in [2.75, 3.05) is 13.2 Å². The Labute approximate surface area is 64.7 Å². The highest BCUT2D eigenvalue weighted by Crippen LogP contribution is 2.01. The Morgan fingerprint density at radius 3 is 2.70 bits per heavy atom. The quantitative estimate of drug-likeness (QED) is 0.588. The third kappa shape index (κ3) is 1.85. The van der Waals surface area contributed by atoms with Crippen LogP contribution in [0.4, 0.5) is 0 Å². The molecule has 1 rings (SSSR count). The van der Waals surface area contributed by atoms with Gasteiger partial charge >= 0.3 is 0 Å². The number of rotatable bonds is 2. The predicted molar refractivity (Wildman–Crippen MR) is 38.1 cm³/mol. The first-order valence-electron chi connectivity index (χ1n) is 3.22. The minimum Gasteiger partial charge on any atom is -0.377 e. The Morgan fingerprint density at radius 2 is 2.40 bits per heavy atom. The van der Waals surface area contributed by atoms with E-state index >= 15 is 0 Å². The number of nitrogens with one attached hydrogen (secondary N) is 1. The minimum absolute atomic E-state index is 0.116. The third-order valence-corrected chi connectivity index (χ3v) is 1.54. The maximum atomic E-state index is 10.8. The van der Waals surface area contributed by atoms with E-state index in [4.69, 9.17) is 16.3 Å². The van der Waals surface area contributed by atoms with Crippen LogP contribution in [0, 0.1) is 0 Å². The smallest absolute Gasteiger partial charge is 0.238 e. The minimum atomic E-state index is -0.444. The molecule has 0 aromatic rings. The van der Waals surface area contributed by atoms with E-state index in [2.05, 4.69) is 5.32 Å². The molecule has 1 saturated heterocycles. The molecule has 1 aliphatic rings. The molecule has 58 valence electrons. The highest BCUT2D eigenvalue weighted by Gasteiger charge is 2.21. The first-order chi connectivity index (χ1) is 4.70. The maximum absolute atomic E-state index is 10.8. The lowest BCUT2D eigenvalue weighted by molar-refractivity contribution is -0.124. The zero-order chi connectivity index (χ0) is 7.56. The number of halogens is 1. The van der Waals surface area contributed by atoms with Gasteiger partial charge in [-0.1, -0.05) is 0 Å². The lowest BCUT2D eigenvalue weighted by Crippen LogP contribution is -2.50. The summed E-state index contributed by atoms with van der Waals surface area (Å²) in [6, 6.07) is 0.189. The fourth-order valence-corrected chi connectivity index (χ4v) is 0.698. The number of carbonyl (C=O) groups excluding carboxylic acids is 1. The van der Waals surface area contributed by atoms with Crippen molar-refractivity contribution in [1.82, 2.24) is 5.32 Å². The maximum Gasteiger partial charge on any atom is 0.238 e. The molecule has 1 aliphatic heterocycles. The lowest BCUT2D eigenvalue weighted by atomic mass is 10.2. The Hall–Kier alpha value is -0.280. The molecular weight excluding hydrogens is 154 g/mol. The molecule has 0 radical (unpaired) electrons. The molecule has 4 heteroatoms. The molecule has 0 spiro atoms. The van der Waals surface area contributed by atoms with E-state index in [0.717, 1.165) is 0 Å². The van der Waals surface area contributed by atoms with E-state index < -0.39 is 5.38 Å². The van der Waals surface area contributed by atoms with Gasteiger partial charge in [0.2, 0.25) is 5.91 Å². The summed E-state index contributed by atoms with van der Waals surface area (Å²) in [5.41, 5.74) is 0. The van der Waals surface area contributed by atoms with Crippen molar-refractivity contribution in [2.24, 2.45) is 0 Å². The SMILES string of the molecule is CC(Cl)C(=O)NC1COC1. The van der Waals surface area contributed by atoms with Crippen LogP contribution in [0.15, 0.2) is 0 Å². The van der Waals surface area contributed by atoms with Crippen LogP contribution in [0.2, 0.25) is 0 Å². The first kappa shape index (κ1) is 7.82. The van der Waals surface area contributed by atoms with Crippen LogP contribution in [-0.2, 0) is 9.53 Å². The standard InChI is InChI=1S/C6H10ClNO2/c1-4(7)6(9)8-5-2-10-3-5/h4-5H,2-3H2,1H3,(H,8,9). The first-order valence-corrected chi connectivity index (χ1v) is 3.66. The summed E-state index contributed by atoms with van der Waals surface area (Å²) in [5.74, 6) is -0.116. The van der Waals surface area contributed by atoms with Gasteiger partial charge in [0, 0.05) is 0 Å². The van der Waals surface area contributed by atoms with Gasteiger partial charge in [-0.05, 0) is 6.92 Å². The van der Waals surface area contributed by atoms with Crippen molar-refractivity contribution in [2.45, 2.75) is 18.3 Å². The van der Waals surface area contributed by atoms with Crippen molar-refractivity contribution >= 4 is 17.5 Å². The molecule has 1 amide bonds. The summed E-state index contributed by atoms with van der Waals surface area (Å²) >= 11 is 5.50. The largest absolute Gasteiger partial charge is 0.377 e. The summed E-state index contributed by atoms with van der Waals surface area (Å²) in [4.78, 5) is 10.8. The average molecular weight is 164 g/mol. The van der Waals surface area contributed by atoms with E-state index in [1.165, 1.54) is 0 Å². The second-order valence-corrected chi connectivity index (χ2v) is 3.01. The van der Waals surface area contributed by atoms with Gasteiger partial charge in [0.25, 0.3) is 0 Å². The van der Waals surface area contributed by atoms with Crippen LogP contribution in [-0.4, -0.2) is 30.5 Å². The number of carbonyl (C=O) groups is 1. The monoisotopic (exact) mass is 163 g/mol. The Bertz CT molecular complexity index is 134. The van der Waals surface area contributed by atoms with Crippen LogP contribution in [0.3, 0.4) is 0 Å². The number of hydrogen-bond acceptors (Lipinski definition) is 2. The molecule has 0 saturated carbocycles. The van der Waals surface area contributed by atoms with Gasteiger partial charge in [-0.15, -0.1) is 11.6 Å². The fraction of sp³-hybridized carbons (Fsp3) is 0.833. The van der Waals surface area contributed by atoms with Crippen molar-refractivity contribution in [3.8, 4) is 0 Å². The normalized spacial score (nSPS) is 21.4. The van der Waals surface area contributed by atoms with Crippen molar-refractivity contribution in [1.29, 1.82) is 0 Å². The number of amides is 1. The van der Waals surface area contributed by atoms with E-state index in [-0.39, 0.29) is 11.9 Å². The summed E-state index contributed by atoms with van der Waals surface area (Å²) in [7, 11) is 0. The molecule has 10 heavy (non-hydrogen) atoms. The molecule has 3 nitrogen and oxygen atoms in total. The predicted octanol–water partition coefficient (Wildman–Crippen LogP) is 0.129. The van der Waals surface area contributed by atoms with Crippen LogP contribution in [0.1, 0.15) is 6.92 Å². The van der Waals surface area contributed by atoms with Crippen LogP contribution in [0.5, 0.6) is 0 Å². The molecule has 1 N–H and O–H groups in total. The van der Waals surface area contributed by atoms with E-state index in [1.54, 1.807) is 6.92 Å². The van der Waals surface area contributed by atoms with E-state index in [1.807, 2.05) is 0 Å². The van der Waals surface area contributed by atoms with Crippen molar-refractivity contribution < 1.29 is 9.53 Å². The van der Waals surface area contributed by atoms with Crippen LogP contribution >= 0.6 is 11.6 Å². The van der Waals surface area contributed by atoms with Gasteiger partial charge in [0.1, 0.15) is 5.38 Å². The Kier molecular flexibility index (Phi) is 2.51. The van der Waals surface area contributed by atoms with E-state index in [9.17, 15) is 4.79 Å². The molecule has 1 unspecified atom stereocenters. The molecule has 0 aromatic carbocycles. The van der Waals surface area contributed by atoms with Gasteiger partial charge < -0.3 is 10.1 Å². The zero-order valence-corrected chi connectivity index (χ0v) is 6.52. The highest BCUT2D eigenvalue weighted by atomic mass is 35.5. The Balaban J connectivity index is 2.17. The van der Waals surface area contributed by atoms with Gasteiger partial charge in [0.15, 0.2) is 0 Å². The molecule has 1 atom stereocenters. The van der Waals surface area contributed by atoms with Gasteiger partial charge in [0.05, 0.1) is 19.3 Å². The molecule has 0 aromatic heterocycles. The van der Waals surface area contributed by atoms with Crippen LogP contribution < -0.4 is 5.32 Å². The number of hydrogen-bond donors (Lipinski definition) is 1. The summed E-state index contributed by atoms with van der Waals surface area (Å²) in [6.45, 7) is 2.89. The highest BCUT2D eigenvalue weighted by molar-refractivity contribution is 6.30. The molecule has 1 fully saturated rings. The second kappa shape index (κ2) is 3.21. The molecule has 1 heterocycles. The average Bonchev–Trinajstić information content (AvgIpc) is 1.77. The summed E-state index contributed by atoms with van der Waals surface area (Å²) in [5, 5.41) is 2.28. The molecule has 0 aliphatic carbocycles. The van der Waals surface area contributed by atoms with Crippen molar-refractivity contribution in [3.63, 3.8) is 0 Å². The third-order valence-electron chi connectivity index (χ3n) is 1.35. The lowest BCUT2D eigenvalue weighted by Gasteiger charge is -2.27. The molecular formula is C6H10ClNO2. The van der Waals surface area contributed by atoms with Gasteiger partial charge in [-0.2, -0.15) is 0 Å². The Morgan fingerprint density at radius 1 is 1.80 bits per heavy atom. The zero-order valence-electron chi connectivity index (χ0n) is 5.76. The van der Waals surface area contributed by atoms with Crippen LogP contribution in [0.25, 0.3) is 0 Å². The second-order valence-electron chi connectivity index (χ2n) is 2.36. The number of ether oxygens (including phenoxy) is 1. The number of alkyl halides is 1. The van der Waals surface area contributed by atoms with Gasteiger partial charge in [-0.3, -0.25) is 4.79 Å².